The number of aldehydes is 1. The van der Waals surface area contributed by atoms with E-state index >= 15 is 0 Å². The number of aliphatic imine (C=N–C) groups is 1. The number of alkyl halides is 3. The molecule has 2 aliphatic rings. The van der Waals surface area contributed by atoms with E-state index in [0.717, 1.165) is 18.4 Å². The van der Waals surface area contributed by atoms with Crippen molar-refractivity contribution in [2.45, 2.75) is 12.8 Å². The fraction of sp³-hybridized carbons (Fsp3) is 0.318. The highest BCUT2D eigenvalue weighted by Gasteiger charge is 2.33. The van der Waals surface area contributed by atoms with Crippen LogP contribution in [0.5, 0.6) is 5.75 Å². The molecule has 0 radical (unpaired) electrons. The van der Waals surface area contributed by atoms with Crippen LogP contribution in [0.1, 0.15) is 12.0 Å². The number of amides is 1. The minimum atomic E-state index is -4.92. The second-order valence-corrected chi connectivity index (χ2v) is 8.72. The van der Waals surface area contributed by atoms with Crippen LogP contribution in [-0.2, 0) is 9.59 Å². The number of nitrogens with zero attached hydrogens (tertiary/aromatic N) is 4. The Balaban J connectivity index is 1.57. The van der Waals surface area contributed by atoms with Gasteiger partial charge in [0.1, 0.15) is 24.2 Å². The lowest BCUT2D eigenvalue weighted by Crippen LogP contribution is -2.35. The van der Waals surface area contributed by atoms with E-state index in [1.165, 1.54) is 6.33 Å². The molecule has 0 bridgehead atoms. The average molecular weight is 528 g/mol. The topological polar surface area (TPSA) is 96.8 Å². The molecule has 4 rings (SSSR count). The van der Waals surface area contributed by atoms with Gasteiger partial charge < -0.3 is 19.7 Å². The second-order valence-electron chi connectivity index (χ2n) is 7.91. The number of benzene rings is 1. The lowest BCUT2D eigenvalue weighted by atomic mass is 9.96. The van der Waals surface area contributed by atoms with Crippen molar-refractivity contribution >= 4 is 52.5 Å². The van der Waals surface area contributed by atoms with Gasteiger partial charge in [-0.3, -0.25) is 9.79 Å². The van der Waals surface area contributed by atoms with Crippen molar-refractivity contribution in [1.29, 1.82) is 0 Å². The molecule has 2 unspecified atom stereocenters. The van der Waals surface area contributed by atoms with E-state index in [2.05, 4.69) is 25.0 Å². The summed E-state index contributed by atoms with van der Waals surface area (Å²) in [7, 11) is 0. The van der Waals surface area contributed by atoms with Gasteiger partial charge in [0.25, 0.3) is 0 Å². The third kappa shape index (κ3) is 5.91. The van der Waals surface area contributed by atoms with Gasteiger partial charge in [-0.25, -0.2) is 9.97 Å². The molecule has 2 aliphatic heterocycles. The highest BCUT2D eigenvalue weighted by molar-refractivity contribution is 6.40. The lowest BCUT2D eigenvalue weighted by Gasteiger charge is -2.27. The zero-order valence-corrected chi connectivity index (χ0v) is 19.4. The van der Waals surface area contributed by atoms with E-state index in [4.69, 9.17) is 23.2 Å². The zero-order chi connectivity index (χ0) is 25.2. The molecule has 0 saturated carbocycles. The number of carbonyl (C=O) groups is 2. The van der Waals surface area contributed by atoms with Gasteiger partial charge in [0.05, 0.1) is 28.2 Å². The summed E-state index contributed by atoms with van der Waals surface area (Å²) in [6.07, 6.45) is 2.99. The molecule has 35 heavy (non-hydrogen) atoms. The minimum Gasteiger partial charge on any atom is -0.406 e. The molecule has 2 atom stereocenters. The Kier molecular flexibility index (Phi) is 7.27. The maximum absolute atomic E-state index is 13.0. The Morgan fingerprint density at radius 2 is 1.89 bits per heavy atom. The third-order valence-corrected chi connectivity index (χ3v) is 6.07. The summed E-state index contributed by atoms with van der Waals surface area (Å²) >= 11 is 12.1. The van der Waals surface area contributed by atoms with Gasteiger partial charge in [-0.05, 0) is 6.42 Å². The van der Waals surface area contributed by atoms with Crippen LogP contribution in [0.25, 0.3) is 5.57 Å². The van der Waals surface area contributed by atoms with Crippen molar-refractivity contribution in [3.8, 4) is 5.75 Å². The van der Waals surface area contributed by atoms with Crippen molar-refractivity contribution in [1.82, 2.24) is 14.9 Å². The number of carbonyl (C=O) groups excluding carboxylic acids is 2. The quantitative estimate of drug-likeness (QED) is 0.583. The number of rotatable bonds is 5. The van der Waals surface area contributed by atoms with Gasteiger partial charge >= 0.3 is 6.36 Å². The molecular formula is C22H18Cl2F3N5O3. The minimum absolute atomic E-state index is 0.0472. The molecule has 1 aromatic heterocycles. The van der Waals surface area contributed by atoms with Crippen LogP contribution in [0, 0.1) is 11.8 Å². The molecule has 0 aliphatic carbocycles. The van der Waals surface area contributed by atoms with Crippen LogP contribution >= 0.6 is 23.2 Å². The molecular weight excluding hydrogens is 510 g/mol. The first-order chi connectivity index (χ1) is 16.6. The van der Waals surface area contributed by atoms with Gasteiger partial charge in [0.15, 0.2) is 0 Å². The Labute approximate surface area is 207 Å². The summed E-state index contributed by atoms with van der Waals surface area (Å²) < 4.78 is 41.3. The number of hydrogen-bond acceptors (Lipinski definition) is 7. The fourth-order valence-corrected chi connectivity index (χ4v) is 4.42. The molecule has 0 spiro atoms. The summed E-state index contributed by atoms with van der Waals surface area (Å²) in [6, 6.07) is 1.82. The van der Waals surface area contributed by atoms with Crippen molar-refractivity contribution in [2.24, 2.45) is 16.8 Å². The number of ether oxygens (including phenoxy) is 1. The zero-order valence-electron chi connectivity index (χ0n) is 17.9. The predicted molar refractivity (Wildman–Crippen MR) is 123 cm³/mol. The maximum Gasteiger partial charge on any atom is 0.573 e. The van der Waals surface area contributed by atoms with Crippen molar-refractivity contribution in [3.63, 3.8) is 0 Å². The van der Waals surface area contributed by atoms with Crippen molar-refractivity contribution in [3.05, 3.63) is 52.5 Å². The Bertz CT molecular complexity index is 1170. The summed E-state index contributed by atoms with van der Waals surface area (Å²) in [5, 5.41) is 2.13. The second kappa shape index (κ2) is 10.2. The van der Waals surface area contributed by atoms with E-state index < -0.39 is 23.9 Å². The van der Waals surface area contributed by atoms with E-state index in [1.807, 2.05) is 4.90 Å². The Morgan fingerprint density at radius 1 is 1.20 bits per heavy atom. The van der Waals surface area contributed by atoms with Crippen LogP contribution in [0.4, 0.5) is 18.9 Å². The number of hydrogen-bond donors (Lipinski definition) is 1. The molecule has 3 heterocycles. The van der Waals surface area contributed by atoms with Crippen LogP contribution in [-0.4, -0.2) is 58.9 Å². The standard InChI is InChI=1S/C22H18Cl2F3N5O3/c23-17-4-15(35-22(25,26)27)5-18(24)19(17)31-21(34)13-3-16(14-6-28-11-29-7-14)20(30-8-13)32-2-1-12(9-32)10-33/h3-7,10-13H,1-2,8-9H2,(H,31,34). The monoisotopic (exact) mass is 527 g/mol. The van der Waals surface area contributed by atoms with Crippen molar-refractivity contribution < 1.29 is 27.5 Å². The molecule has 1 amide bonds. The first-order valence-corrected chi connectivity index (χ1v) is 11.2. The van der Waals surface area contributed by atoms with Gasteiger partial charge in [-0.1, -0.05) is 29.3 Å². The van der Waals surface area contributed by atoms with E-state index in [9.17, 15) is 22.8 Å². The van der Waals surface area contributed by atoms with E-state index in [1.54, 1.807) is 18.5 Å². The largest absolute Gasteiger partial charge is 0.573 e. The highest BCUT2D eigenvalue weighted by atomic mass is 35.5. The van der Waals surface area contributed by atoms with Gasteiger partial charge in [-0.15, -0.1) is 13.2 Å². The Hall–Kier alpha value is -3.18. The molecule has 184 valence electrons. The number of dihydropyridines is 1. The third-order valence-electron chi connectivity index (χ3n) is 5.47. The smallest absolute Gasteiger partial charge is 0.406 e. The number of nitrogens with one attached hydrogen (secondary N) is 1. The number of aromatic nitrogens is 2. The van der Waals surface area contributed by atoms with Gasteiger partial charge in [0.2, 0.25) is 5.91 Å². The molecule has 2 aromatic rings. The normalized spacial score (nSPS) is 20.2. The summed E-state index contributed by atoms with van der Waals surface area (Å²) in [4.78, 5) is 38.9. The SMILES string of the molecule is O=CC1CCN(C2=NCC(C(=O)Nc3c(Cl)cc(OC(F)(F)F)cc3Cl)C=C2c2cncnc2)C1. The first kappa shape index (κ1) is 24.9. The molecule has 1 fully saturated rings. The predicted octanol–water partition coefficient (Wildman–Crippen LogP) is 4.25. The van der Waals surface area contributed by atoms with E-state index in [-0.39, 0.29) is 28.2 Å². The van der Waals surface area contributed by atoms with Gasteiger partial charge in [0, 0.05) is 54.7 Å². The number of likely N-dealkylation sites (tertiary alicyclic amines) is 1. The maximum atomic E-state index is 13.0. The van der Waals surface area contributed by atoms with Crippen LogP contribution in [0.3, 0.4) is 0 Å². The first-order valence-electron chi connectivity index (χ1n) is 10.4. The Morgan fingerprint density at radius 3 is 2.49 bits per heavy atom. The molecule has 13 heteroatoms. The summed E-state index contributed by atoms with van der Waals surface area (Å²) in [6.45, 7) is 1.26. The number of halogens is 5. The summed E-state index contributed by atoms with van der Waals surface area (Å²) in [5.41, 5.74) is 1.23. The average Bonchev–Trinajstić information content (AvgIpc) is 3.29. The van der Waals surface area contributed by atoms with Crippen LogP contribution in [0.2, 0.25) is 10.0 Å². The van der Waals surface area contributed by atoms with Crippen molar-refractivity contribution in [2.75, 3.05) is 25.0 Å². The lowest BCUT2D eigenvalue weighted by molar-refractivity contribution is -0.274. The molecule has 1 aromatic carbocycles. The number of amidine groups is 1. The molecule has 1 N–H and O–H groups in total. The van der Waals surface area contributed by atoms with E-state index in [0.29, 0.717) is 36.5 Å². The summed E-state index contributed by atoms with van der Waals surface area (Å²) in [5.74, 6) is -1.32. The van der Waals surface area contributed by atoms with Crippen LogP contribution < -0.4 is 10.1 Å². The fourth-order valence-electron chi connectivity index (χ4n) is 3.86. The van der Waals surface area contributed by atoms with Gasteiger partial charge in [-0.2, -0.15) is 0 Å². The number of anilines is 1. The van der Waals surface area contributed by atoms with Crippen LogP contribution in [0.15, 0.2) is 41.9 Å². The highest BCUT2D eigenvalue weighted by Crippen LogP contribution is 2.37. The molecule has 8 nitrogen and oxygen atoms in total. The molecule has 1 saturated heterocycles.